The lowest BCUT2D eigenvalue weighted by atomic mass is 10.2. The third-order valence-electron chi connectivity index (χ3n) is 1.62. The highest BCUT2D eigenvalue weighted by atomic mass is 16.2. The summed E-state index contributed by atoms with van der Waals surface area (Å²) in [7, 11) is 1.81. The van der Waals surface area contributed by atoms with Crippen molar-refractivity contribution in [2.45, 2.75) is 60.3 Å². The molecule has 0 heterocycles. The smallest absolute Gasteiger partial charge is 0.240 e. The summed E-state index contributed by atoms with van der Waals surface area (Å²) in [4.78, 5) is 11.0. The molecule has 0 saturated carbocycles. The van der Waals surface area contributed by atoms with E-state index in [1.807, 2.05) is 34.7 Å². The van der Waals surface area contributed by atoms with E-state index in [1.165, 1.54) is 0 Å². The third kappa shape index (κ3) is 29.3. The lowest BCUT2D eigenvalue weighted by molar-refractivity contribution is -0.121. The first-order chi connectivity index (χ1) is 8.58. The van der Waals surface area contributed by atoms with Crippen molar-refractivity contribution in [2.24, 2.45) is 5.10 Å². The van der Waals surface area contributed by atoms with E-state index in [0.717, 1.165) is 25.0 Å². The first-order valence-electron chi connectivity index (χ1n) is 6.66. The van der Waals surface area contributed by atoms with Crippen LogP contribution in [0.25, 0.3) is 0 Å². The molecule has 0 unspecified atom stereocenters. The van der Waals surface area contributed by atoms with E-state index in [0.29, 0.717) is 6.42 Å². The quantitative estimate of drug-likeness (QED) is 0.435. The monoisotopic (exact) mass is 257 g/mol. The van der Waals surface area contributed by atoms with E-state index in [9.17, 15) is 4.79 Å². The van der Waals surface area contributed by atoms with Gasteiger partial charge in [0, 0.05) is 19.2 Å². The number of rotatable bonds is 6. The lowest BCUT2D eigenvalue weighted by Crippen LogP contribution is -2.17. The number of carbonyl (C=O) groups excluding carboxylic acids is 1. The molecule has 0 aromatic heterocycles. The normalized spacial score (nSPS) is 7.67. The number of hydrogen-bond donors (Lipinski definition) is 2. The van der Waals surface area contributed by atoms with Crippen LogP contribution in [0.5, 0.6) is 0 Å². The molecular formula is C14H31N3O. The van der Waals surface area contributed by atoms with Crippen molar-refractivity contribution in [1.82, 2.24) is 10.7 Å². The molecule has 0 radical (unpaired) electrons. The standard InChI is InChI=1S/C9H18N2O.C3H7N.C2H6/c1-4-5-6-7-9(12)11-10-8(2)3;1-3-4-2;1-2/h4-7H2,1-3H3,(H,11,12);3-4H,1H2,2H3;1-2H3. The second-order valence-corrected chi connectivity index (χ2v) is 3.54. The molecule has 2 N–H and O–H groups in total. The average molecular weight is 257 g/mol. The maximum absolute atomic E-state index is 11.0. The van der Waals surface area contributed by atoms with Gasteiger partial charge in [-0.15, -0.1) is 0 Å². The summed E-state index contributed by atoms with van der Waals surface area (Å²) in [6, 6.07) is 0. The van der Waals surface area contributed by atoms with E-state index in [1.54, 1.807) is 6.20 Å². The van der Waals surface area contributed by atoms with Crippen molar-refractivity contribution < 1.29 is 4.79 Å². The minimum atomic E-state index is 0.0182. The zero-order chi connectivity index (χ0) is 14.8. The minimum absolute atomic E-state index is 0.0182. The number of unbranched alkanes of at least 4 members (excludes halogenated alkanes) is 2. The molecule has 1 amide bonds. The Hall–Kier alpha value is -1.32. The number of hydrazone groups is 1. The fourth-order valence-corrected chi connectivity index (χ4v) is 0.766. The van der Waals surface area contributed by atoms with Crippen molar-refractivity contribution in [3.05, 3.63) is 12.8 Å². The predicted octanol–water partition coefficient (Wildman–Crippen LogP) is 3.45. The van der Waals surface area contributed by atoms with Crippen LogP contribution in [0, 0.1) is 0 Å². The molecule has 0 aromatic carbocycles. The Bertz CT molecular complexity index is 209. The van der Waals surface area contributed by atoms with Crippen LogP contribution < -0.4 is 10.7 Å². The van der Waals surface area contributed by atoms with Gasteiger partial charge in [-0.3, -0.25) is 4.79 Å². The highest BCUT2D eigenvalue weighted by Crippen LogP contribution is 1.97. The maximum atomic E-state index is 11.0. The van der Waals surface area contributed by atoms with Gasteiger partial charge in [0.15, 0.2) is 0 Å². The van der Waals surface area contributed by atoms with E-state index >= 15 is 0 Å². The second-order valence-electron chi connectivity index (χ2n) is 3.54. The van der Waals surface area contributed by atoms with Crippen LogP contribution in [-0.4, -0.2) is 18.7 Å². The molecule has 0 saturated heterocycles. The van der Waals surface area contributed by atoms with Crippen LogP contribution in [-0.2, 0) is 4.79 Å². The zero-order valence-electron chi connectivity index (χ0n) is 13.0. The summed E-state index contributed by atoms with van der Waals surface area (Å²) in [5.41, 5.74) is 3.36. The van der Waals surface area contributed by atoms with Crippen molar-refractivity contribution in [1.29, 1.82) is 0 Å². The van der Waals surface area contributed by atoms with Crippen molar-refractivity contribution >= 4 is 11.6 Å². The molecule has 0 bridgehead atoms. The molecule has 4 heteroatoms. The maximum Gasteiger partial charge on any atom is 0.240 e. The Labute approximate surface area is 113 Å². The Kier molecular flexibility index (Phi) is 25.6. The van der Waals surface area contributed by atoms with Gasteiger partial charge in [0.1, 0.15) is 0 Å². The van der Waals surface area contributed by atoms with E-state index in [2.05, 4.69) is 29.3 Å². The van der Waals surface area contributed by atoms with Crippen molar-refractivity contribution in [3.63, 3.8) is 0 Å². The highest BCUT2D eigenvalue weighted by Gasteiger charge is 1.97. The van der Waals surface area contributed by atoms with E-state index in [4.69, 9.17) is 0 Å². The van der Waals surface area contributed by atoms with Gasteiger partial charge in [0.25, 0.3) is 0 Å². The number of nitrogens with zero attached hydrogens (tertiary/aromatic N) is 1. The average Bonchev–Trinajstić information content (AvgIpc) is 2.39. The molecule has 0 spiro atoms. The topological polar surface area (TPSA) is 53.5 Å². The molecule has 0 aliphatic heterocycles. The van der Waals surface area contributed by atoms with Gasteiger partial charge in [0.05, 0.1) is 0 Å². The largest absolute Gasteiger partial charge is 0.394 e. The molecule has 18 heavy (non-hydrogen) atoms. The van der Waals surface area contributed by atoms with Gasteiger partial charge in [0.2, 0.25) is 5.91 Å². The fourth-order valence-electron chi connectivity index (χ4n) is 0.766. The van der Waals surface area contributed by atoms with Crippen LogP contribution in [0.15, 0.2) is 17.9 Å². The summed E-state index contributed by atoms with van der Waals surface area (Å²) in [6.45, 7) is 13.2. The molecule has 0 aliphatic carbocycles. The molecule has 0 aliphatic rings. The van der Waals surface area contributed by atoms with E-state index < -0.39 is 0 Å². The van der Waals surface area contributed by atoms with Crippen LogP contribution in [0.3, 0.4) is 0 Å². The Balaban J connectivity index is -0.000000317. The number of hydrogen-bond acceptors (Lipinski definition) is 3. The fraction of sp³-hybridized carbons (Fsp3) is 0.714. The van der Waals surface area contributed by atoms with Crippen molar-refractivity contribution in [2.75, 3.05) is 7.05 Å². The second kappa shape index (κ2) is 21.0. The number of nitrogens with one attached hydrogen (secondary N) is 2. The summed E-state index contributed by atoms with van der Waals surface area (Å²) < 4.78 is 0. The molecule has 4 nitrogen and oxygen atoms in total. The Morgan fingerprint density at radius 2 is 1.78 bits per heavy atom. The summed E-state index contributed by atoms with van der Waals surface area (Å²) >= 11 is 0. The van der Waals surface area contributed by atoms with Crippen LogP contribution >= 0.6 is 0 Å². The highest BCUT2D eigenvalue weighted by molar-refractivity contribution is 5.82. The number of carbonyl (C=O) groups is 1. The zero-order valence-corrected chi connectivity index (χ0v) is 13.0. The minimum Gasteiger partial charge on any atom is -0.394 e. The van der Waals surface area contributed by atoms with Crippen LogP contribution in [0.1, 0.15) is 60.3 Å². The van der Waals surface area contributed by atoms with E-state index in [-0.39, 0.29) is 5.91 Å². The van der Waals surface area contributed by atoms with Gasteiger partial charge < -0.3 is 5.32 Å². The van der Waals surface area contributed by atoms with Gasteiger partial charge >= 0.3 is 0 Å². The predicted molar refractivity (Wildman–Crippen MR) is 81.7 cm³/mol. The molecular weight excluding hydrogens is 226 g/mol. The summed E-state index contributed by atoms with van der Waals surface area (Å²) in [5, 5.41) is 6.51. The van der Waals surface area contributed by atoms with Crippen LogP contribution in [0.2, 0.25) is 0 Å². The molecule has 0 fully saturated rings. The molecule has 108 valence electrons. The van der Waals surface area contributed by atoms with Gasteiger partial charge in [-0.1, -0.05) is 40.2 Å². The van der Waals surface area contributed by atoms with Crippen molar-refractivity contribution in [3.8, 4) is 0 Å². The summed E-state index contributed by atoms with van der Waals surface area (Å²) in [6.07, 6.45) is 5.43. The van der Waals surface area contributed by atoms with Gasteiger partial charge in [-0.05, 0) is 26.5 Å². The first kappa shape index (κ1) is 21.9. The third-order valence-corrected chi connectivity index (χ3v) is 1.62. The summed E-state index contributed by atoms with van der Waals surface area (Å²) in [5.74, 6) is 0.0182. The van der Waals surface area contributed by atoms with Gasteiger partial charge in [-0.25, -0.2) is 5.43 Å². The molecule has 0 atom stereocenters. The Morgan fingerprint density at radius 1 is 1.28 bits per heavy atom. The SMILES string of the molecule is C=CNC.CC.CCCCCC(=O)NN=C(C)C. The van der Waals surface area contributed by atoms with Crippen LogP contribution in [0.4, 0.5) is 0 Å². The number of amides is 1. The molecule has 0 rings (SSSR count). The first-order valence-corrected chi connectivity index (χ1v) is 6.66. The molecule has 0 aromatic rings. The Morgan fingerprint density at radius 3 is 2.11 bits per heavy atom. The van der Waals surface area contributed by atoms with Gasteiger partial charge in [-0.2, -0.15) is 5.10 Å². The lowest BCUT2D eigenvalue weighted by Gasteiger charge is -1.98.